The van der Waals surface area contributed by atoms with Gasteiger partial charge in [-0.15, -0.1) is 0 Å². The van der Waals surface area contributed by atoms with Gasteiger partial charge in [0.2, 0.25) is 0 Å². The van der Waals surface area contributed by atoms with Crippen LogP contribution >= 0.6 is 0 Å². The van der Waals surface area contributed by atoms with Crippen molar-refractivity contribution < 1.29 is 28.5 Å². The maximum atomic E-state index is 12.9. The summed E-state index contributed by atoms with van der Waals surface area (Å²) in [5.74, 6) is 1.78. The quantitative estimate of drug-likeness (QED) is 0.0218. The lowest BCUT2D eigenvalue weighted by Gasteiger charge is -2.32. The van der Waals surface area contributed by atoms with Crippen molar-refractivity contribution in [3.05, 3.63) is 419 Å². The number of nitrogens with zero attached hydrogens (tertiary/aromatic N) is 2. The average Bonchev–Trinajstić information content (AvgIpc) is 0.775. The number of benzene rings is 13. The fraction of sp³-hybridized carbons (Fsp3) is 0.0928. The fourth-order valence-corrected chi connectivity index (χ4v) is 12.9. The van der Waals surface area contributed by atoms with Crippen LogP contribution in [0.4, 0.5) is 38.9 Å². The van der Waals surface area contributed by atoms with E-state index in [4.69, 9.17) is 18.9 Å². The molecule has 8 nitrogen and oxygen atoms in total. The van der Waals surface area contributed by atoms with Gasteiger partial charge in [0, 0.05) is 51.9 Å². The van der Waals surface area contributed by atoms with E-state index < -0.39 is 11.6 Å². The number of para-hydroxylation sites is 2. The summed E-state index contributed by atoms with van der Waals surface area (Å²) < 4.78 is 21.9. The van der Waals surface area contributed by atoms with E-state index >= 15 is 0 Å². The molecule has 0 saturated carbocycles. The van der Waals surface area contributed by atoms with Crippen LogP contribution in [0.15, 0.2) is 358 Å². The number of carbonyl (C=O) groups excluding carboxylic acids is 2. The van der Waals surface area contributed by atoms with E-state index in [0.717, 1.165) is 101 Å². The number of hydrogen-bond donors (Lipinski definition) is 0. The van der Waals surface area contributed by atoms with E-state index in [1.807, 2.05) is 92.7 Å². The van der Waals surface area contributed by atoms with Gasteiger partial charge in [0.25, 0.3) is 0 Å². The summed E-state index contributed by atoms with van der Waals surface area (Å²) >= 11 is 0. The van der Waals surface area contributed by atoms with Crippen molar-refractivity contribution in [1.82, 2.24) is 0 Å². The molecular formula is C97H84N2O6. The molecule has 0 heterocycles. The lowest BCUT2D eigenvalue weighted by atomic mass is 9.71. The predicted octanol–water partition coefficient (Wildman–Crippen LogP) is 25.2. The van der Waals surface area contributed by atoms with Crippen molar-refractivity contribution in [3.63, 3.8) is 0 Å². The Hall–Kier alpha value is -13.0. The maximum Gasteiger partial charge on any atom is 0.519 e. The van der Waals surface area contributed by atoms with Crippen LogP contribution in [0.5, 0.6) is 23.0 Å². The number of esters is 1. The molecule has 13 rings (SSSR count). The van der Waals surface area contributed by atoms with Crippen LogP contribution in [0.25, 0.3) is 35.4 Å². The molecule has 13 aromatic rings. The topological polar surface area (TPSA) is 77.5 Å². The van der Waals surface area contributed by atoms with E-state index in [0.29, 0.717) is 17.2 Å². The standard InChI is InChI=1S/C56H44N2.C41H40O6/c1-5-17-45(18-6-1)21-13-15-23-47-29-37-53(38-30-47)57(51-25-9-3-10-26-51)55-41-33-49(34-42-55)50-35-43-56(44-36-50)58(52-27-11-4-12-28-52)54-39-31-48(32-40-54)24-16-14-22-46-19-7-2-8-20-46;1-27-25-33(17-23-37(27)44-7)40(4,5)34-18-24-38(28(2)26-34)47-39(43)46-36-21-15-32(16-22-36)41(6,30-11-9-8-10-12-30)31-13-19-35(20-14-31)45-29(3)42/h1-44H;8-26H,1-7H3. The van der Waals surface area contributed by atoms with Crippen LogP contribution in [-0.2, 0) is 15.6 Å². The van der Waals surface area contributed by atoms with Gasteiger partial charge in [-0.05, 0) is 202 Å². The molecule has 1 atom stereocenters. The molecule has 0 radical (unpaired) electrons. The molecule has 0 spiro atoms. The fourth-order valence-electron chi connectivity index (χ4n) is 12.9. The molecule has 8 heteroatoms. The van der Waals surface area contributed by atoms with Crippen molar-refractivity contribution >= 4 is 70.6 Å². The van der Waals surface area contributed by atoms with Crippen molar-refractivity contribution in [2.45, 2.75) is 52.4 Å². The number of methoxy groups -OCH3 is 1. The zero-order valence-corrected chi connectivity index (χ0v) is 60.2. The highest BCUT2D eigenvalue weighted by Crippen LogP contribution is 2.43. The molecule has 0 saturated heterocycles. The Morgan fingerprint density at radius 3 is 0.981 bits per heavy atom. The minimum atomic E-state index is -0.814. The minimum absolute atomic E-state index is 0.277. The van der Waals surface area contributed by atoms with Crippen molar-refractivity contribution in [2.24, 2.45) is 0 Å². The zero-order chi connectivity index (χ0) is 73.0. The summed E-state index contributed by atoms with van der Waals surface area (Å²) in [4.78, 5) is 28.9. The molecule has 105 heavy (non-hydrogen) atoms. The maximum absolute atomic E-state index is 12.9. The second-order valence-electron chi connectivity index (χ2n) is 26.3. The van der Waals surface area contributed by atoms with E-state index in [1.165, 1.54) is 18.1 Å². The SMILES string of the molecule is C(C=Cc1ccc(N(c2ccccc2)c2ccc(-c3ccc(N(c4ccccc4)c4ccc(C=CC=Cc5ccccc5)cc4)cc3)cc2)cc1)=Cc1ccccc1.COc1ccc(C(C)(C)c2ccc(OC(=O)Oc3ccc(C(C)(c4ccccc4)c4ccc(OC(C)=O)cc4)cc3)c(C)c2)cc1C. The normalized spacial score (nSPS) is 12.0. The van der Waals surface area contributed by atoms with Crippen molar-refractivity contribution in [1.29, 1.82) is 0 Å². The molecule has 1 unspecified atom stereocenters. The predicted molar refractivity (Wildman–Crippen MR) is 434 cm³/mol. The number of allylic oxidation sites excluding steroid dienone is 4. The van der Waals surface area contributed by atoms with E-state index in [9.17, 15) is 9.59 Å². The number of rotatable bonds is 22. The Kier molecular flexibility index (Phi) is 23.3. The third-order valence-electron chi connectivity index (χ3n) is 18.8. The minimum Gasteiger partial charge on any atom is -0.496 e. The van der Waals surface area contributed by atoms with Gasteiger partial charge in [-0.3, -0.25) is 4.79 Å². The lowest BCUT2D eigenvalue weighted by molar-refractivity contribution is -0.131. The third-order valence-corrected chi connectivity index (χ3v) is 18.8. The molecule has 0 fully saturated rings. The molecule has 0 aromatic heterocycles. The van der Waals surface area contributed by atoms with Gasteiger partial charge in [-0.25, -0.2) is 4.79 Å². The van der Waals surface area contributed by atoms with Crippen LogP contribution in [0.2, 0.25) is 0 Å². The Bertz CT molecular complexity index is 4930. The molecule has 0 aliphatic rings. The second-order valence-corrected chi connectivity index (χ2v) is 26.3. The molecule has 0 aliphatic carbocycles. The Balaban J connectivity index is 0.000000202. The molecule has 0 N–H and O–H groups in total. The molecule has 0 amide bonds. The number of carbonyl (C=O) groups is 2. The zero-order valence-electron chi connectivity index (χ0n) is 60.2. The first kappa shape index (κ1) is 71.8. The number of hydrogen-bond acceptors (Lipinski definition) is 8. The third kappa shape index (κ3) is 18.2. The summed E-state index contributed by atoms with van der Waals surface area (Å²) in [7, 11) is 1.67. The number of anilines is 6. The molecule has 0 aliphatic heterocycles. The van der Waals surface area contributed by atoms with Crippen molar-refractivity contribution in [2.75, 3.05) is 16.9 Å². The van der Waals surface area contributed by atoms with Gasteiger partial charge < -0.3 is 28.7 Å². The van der Waals surface area contributed by atoms with Gasteiger partial charge in [0.1, 0.15) is 23.0 Å². The molecule has 13 aromatic carbocycles. The van der Waals surface area contributed by atoms with E-state index in [-0.39, 0.29) is 11.4 Å². The van der Waals surface area contributed by atoms with E-state index in [1.54, 1.807) is 31.4 Å². The highest BCUT2D eigenvalue weighted by molar-refractivity contribution is 5.82. The number of ether oxygens (including phenoxy) is 4. The summed E-state index contributed by atoms with van der Waals surface area (Å²) in [6, 6.07) is 114. The first-order valence-corrected chi connectivity index (χ1v) is 35.2. The Morgan fingerprint density at radius 2 is 0.619 bits per heavy atom. The largest absolute Gasteiger partial charge is 0.519 e. The molecule has 518 valence electrons. The van der Waals surface area contributed by atoms with Gasteiger partial charge >= 0.3 is 12.1 Å². The van der Waals surface area contributed by atoms with Crippen LogP contribution in [0, 0.1) is 13.8 Å². The van der Waals surface area contributed by atoms with Crippen molar-refractivity contribution in [3.8, 4) is 34.1 Å². The van der Waals surface area contributed by atoms with Gasteiger partial charge in [-0.2, -0.15) is 0 Å². The van der Waals surface area contributed by atoms with Crippen LogP contribution in [-0.4, -0.2) is 19.2 Å². The lowest BCUT2D eigenvalue weighted by Crippen LogP contribution is -2.25. The number of aryl methyl sites for hydroxylation is 2. The summed E-state index contributed by atoms with van der Waals surface area (Å²) in [5.41, 5.74) is 20.0. The second kappa shape index (κ2) is 34.1. The van der Waals surface area contributed by atoms with E-state index in [2.05, 4.69) is 310 Å². The van der Waals surface area contributed by atoms with Gasteiger partial charge in [0.15, 0.2) is 0 Å². The molecule has 0 bridgehead atoms. The highest BCUT2D eigenvalue weighted by atomic mass is 16.7. The summed E-state index contributed by atoms with van der Waals surface area (Å²) in [6.07, 6.45) is 16.0. The summed E-state index contributed by atoms with van der Waals surface area (Å²) in [5, 5.41) is 0. The summed E-state index contributed by atoms with van der Waals surface area (Å²) in [6.45, 7) is 11.8. The smallest absolute Gasteiger partial charge is 0.496 e. The highest BCUT2D eigenvalue weighted by Gasteiger charge is 2.32. The Labute approximate surface area is 618 Å². The van der Waals surface area contributed by atoms with Crippen LogP contribution < -0.4 is 28.7 Å². The van der Waals surface area contributed by atoms with Gasteiger partial charge in [-0.1, -0.05) is 287 Å². The van der Waals surface area contributed by atoms with Crippen LogP contribution in [0.1, 0.15) is 88.9 Å². The first-order chi connectivity index (χ1) is 51.2. The average molecular weight is 1370 g/mol. The Morgan fingerprint density at radius 1 is 0.314 bits per heavy atom. The van der Waals surface area contributed by atoms with Crippen LogP contribution in [0.3, 0.4) is 0 Å². The monoisotopic (exact) mass is 1370 g/mol. The molecular weight excluding hydrogens is 1290 g/mol. The first-order valence-electron chi connectivity index (χ1n) is 35.2. The van der Waals surface area contributed by atoms with Gasteiger partial charge in [0.05, 0.1) is 7.11 Å².